The molecule has 1 fully saturated rings. The zero-order valence-corrected chi connectivity index (χ0v) is 8.73. The van der Waals surface area contributed by atoms with Gasteiger partial charge in [-0.25, -0.2) is 4.98 Å². The van der Waals surface area contributed by atoms with E-state index in [-0.39, 0.29) is 0 Å². The van der Waals surface area contributed by atoms with Crippen molar-refractivity contribution in [3.05, 3.63) is 12.5 Å². The van der Waals surface area contributed by atoms with Crippen LogP contribution in [0.25, 0.3) is 0 Å². The number of nitrogens with one attached hydrogen (secondary N) is 1. The molecule has 2 heterocycles. The zero-order valence-electron chi connectivity index (χ0n) is 8.73. The normalized spacial score (nSPS) is 21.8. The standard InChI is InChI=1S/C10H17N3O/c1-8(2)13(9-3-4-11-7-9)10-12-5-6-14-10/h5-6,8-9,11H,3-4,7H2,1-2H3. The Balaban J connectivity index is 2.15. The first-order valence-electron chi connectivity index (χ1n) is 5.17. The van der Waals surface area contributed by atoms with Gasteiger partial charge in [0.15, 0.2) is 0 Å². The van der Waals surface area contributed by atoms with Gasteiger partial charge in [-0.15, -0.1) is 0 Å². The third kappa shape index (κ3) is 1.75. The Kier molecular flexibility index (Phi) is 2.72. The van der Waals surface area contributed by atoms with Crippen LogP contribution in [0, 0.1) is 0 Å². The van der Waals surface area contributed by atoms with Gasteiger partial charge in [-0.1, -0.05) is 0 Å². The Hall–Kier alpha value is -1.03. The second-order valence-corrected chi connectivity index (χ2v) is 3.96. The first kappa shape index (κ1) is 9.52. The molecule has 1 aliphatic heterocycles. The molecule has 0 saturated carbocycles. The highest BCUT2D eigenvalue weighted by atomic mass is 16.4. The van der Waals surface area contributed by atoms with Crippen molar-refractivity contribution in [1.82, 2.24) is 10.3 Å². The number of hydrogen-bond donors (Lipinski definition) is 1. The Morgan fingerprint density at radius 2 is 2.50 bits per heavy atom. The van der Waals surface area contributed by atoms with Gasteiger partial charge in [-0.3, -0.25) is 0 Å². The number of aromatic nitrogens is 1. The zero-order chi connectivity index (χ0) is 9.97. The number of rotatable bonds is 3. The molecule has 0 spiro atoms. The van der Waals surface area contributed by atoms with Crippen LogP contribution in [-0.2, 0) is 0 Å². The van der Waals surface area contributed by atoms with Crippen molar-refractivity contribution >= 4 is 6.01 Å². The Morgan fingerprint density at radius 1 is 1.64 bits per heavy atom. The Labute approximate surface area is 84.3 Å². The minimum absolute atomic E-state index is 0.429. The van der Waals surface area contributed by atoms with Gasteiger partial charge < -0.3 is 14.6 Å². The minimum atomic E-state index is 0.429. The maximum Gasteiger partial charge on any atom is 0.297 e. The molecule has 78 valence electrons. The number of oxazole rings is 1. The molecule has 0 aromatic carbocycles. The molecule has 0 bridgehead atoms. The Morgan fingerprint density at radius 3 is 3.00 bits per heavy atom. The summed E-state index contributed by atoms with van der Waals surface area (Å²) < 4.78 is 5.36. The number of anilines is 1. The van der Waals surface area contributed by atoms with Crippen LogP contribution in [0.4, 0.5) is 6.01 Å². The lowest BCUT2D eigenvalue weighted by atomic mass is 10.2. The van der Waals surface area contributed by atoms with Crippen molar-refractivity contribution in [2.75, 3.05) is 18.0 Å². The molecule has 14 heavy (non-hydrogen) atoms. The molecule has 1 aliphatic rings. The van der Waals surface area contributed by atoms with E-state index in [0.717, 1.165) is 19.1 Å². The van der Waals surface area contributed by atoms with E-state index in [9.17, 15) is 0 Å². The van der Waals surface area contributed by atoms with Gasteiger partial charge in [0.1, 0.15) is 6.26 Å². The van der Waals surface area contributed by atoms with Crippen molar-refractivity contribution in [3.63, 3.8) is 0 Å². The molecular weight excluding hydrogens is 178 g/mol. The quantitative estimate of drug-likeness (QED) is 0.788. The average molecular weight is 195 g/mol. The summed E-state index contributed by atoms with van der Waals surface area (Å²) in [6.07, 6.45) is 4.50. The summed E-state index contributed by atoms with van der Waals surface area (Å²) >= 11 is 0. The molecule has 4 nitrogen and oxygen atoms in total. The highest BCUT2D eigenvalue weighted by Gasteiger charge is 2.27. The van der Waals surface area contributed by atoms with E-state index >= 15 is 0 Å². The van der Waals surface area contributed by atoms with Gasteiger partial charge >= 0.3 is 0 Å². The fourth-order valence-corrected chi connectivity index (χ4v) is 2.02. The minimum Gasteiger partial charge on any atom is -0.432 e. The summed E-state index contributed by atoms with van der Waals surface area (Å²) in [4.78, 5) is 6.46. The van der Waals surface area contributed by atoms with E-state index in [1.807, 2.05) is 0 Å². The summed E-state index contributed by atoms with van der Waals surface area (Å²) in [5, 5.41) is 3.36. The van der Waals surface area contributed by atoms with Gasteiger partial charge in [-0.2, -0.15) is 0 Å². The number of nitrogens with zero attached hydrogens (tertiary/aromatic N) is 2. The van der Waals surface area contributed by atoms with E-state index in [4.69, 9.17) is 4.42 Å². The van der Waals surface area contributed by atoms with Crippen LogP contribution >= 0.6 is 0 Å². The van der Waals surface area contributed by atoms with E-state index < -0.39 is 0 Å². The molecule has 1 aromatic rings. The van der Waals surface area contributed by atoms with E-state index in [1.165, 1.54) is 6.42 Å². The second kappa shape index (κ2) is 4.00. The highest BCUT2D eigenvalue weighted by molar-refractivity contribution is 5.29. The molecule has 4 heteroatoms. The van der Waals surface area contributed by atoms with Crippen molar-refractivity contribution in [2.45, 2.75) is 32.4 Å². The molecule has 1 saturated heterocycles. The predicted molar refractivity (Wildman–Crippen MR) is 55.4 cm³/mol. The maximum atomic E-state index is 5.36. The number of hydrogen-bond acceptors (Lipinski definition) is 4. The lowest BCUT2D eigenvalue weighted by Gasteiger charge is -2.30. The molecule has 2 rings (SSSR count). The van der Waals surface area contributed by atoms with Crippen LogP contribution in [0.3, 0.4) is 0 Å². The van der Waals surface area contributed by atoms with Gasteiger partial charge in [0.25, 0.3) is 6.01 Å². The predicted octanol–water partition coefficient (Wildman–Crippen LogP) is 1.25. The SMILES string of the molecule is CC(C)N(c1ncco1)C1CCNC1. The van der Waals surface area contributed by atoms with Crippen LogP contribution in [0.15, 0.2) is 16.9 Å². The summed E-state index contributed by atoms with van der Waals surface area (Å²) in [6.45, 7) is 6.46. The monoisotopic (exact) mass is 195 g/mol. The van der Waals surface area contributed by atoms with Crippen molar-refractivity contribution in [3.8, 4) is 0 Å². The van der Waals surface area contributed by atoms with Crippen LogP contribution in [0.5, 0.6) is 0 Å². The lowest BCUT2D eigenvalue weighted by molar-refractivity contribution is 0.473. The molecule has 1 atom stereocenters. The van der Waals surface area contributed by atoms with Gasteiger partial charge in [-0.05, 0) is 26.8 Å². The highest BCUT2D eigenvalue weighted by Crippen LogP contribution is 2.20. The molecule has 1 aromatic heterocycles. The molecular formula is C10H17N3O. The van der Waals surface area contributed by atoms with E-state index in [1.54, 1.807) is 12.5 Å². The largest absolute Gasteiger partial charge is 0.432 e. The third-order valence-corrected chi connectivity index (χ3v) is 2.62. The van der Waals surface area contributed by atoms with E-state index in [0.29, 0.717) is 12.1 Å². The molecule has 1 unspecified atom stereocenters. The Bertz CT molecular complexity index is 265. The van der Waals surface area contributed by atoms with Gasteiger partial charge in [0.2, 0.25) is 0 Å². The first-order valence-corrected chi connectivity index (χ1v) is 5.17. The average Bonchev–Trinajstić information content (AvgIpc) is 2.75. The fraction of sp³-hybridized carbons (Fsp3) is 0.700. The molecule has 1 N–H and O–H groups in total. The van der Waals surface area contributed by atoms with Crippen LogP contribution in [0.2, 0.25) is 0 Å². The van der Waals surface area contributed by atoms with Crippen molar-refractivity contribution in [1.29, 1.82) is 0 Å². The molecule has 0 aliphatic carbocycles. The fourth-order valence-electron chi connectivity index (χ4n) is 2.02. The summed E-state index contributed by atoms with van der Waals surface area (Å²) in [5.41, 5.74) is 0. The second-order valence-electron chi connectivity index (χ2n) is 3.96. The molecule has 0 radical (unpaired) electrons. The third-order valence-electron chi connectivity index (χ3n) is 2.62. The first-order chi connectivity index (χ1) is 6.79. The topological polar surface area (TPSA) is 41.3 Å². The van der Waals surface area contributed by atoms with Crippen LogP contribution in [-0.4, -0.2) is 30.2 Å². The van der Waals surface area contributed by atoms with Crippen molar-refractivity contribution < 1.29 is 4.42 Å². The van der Waals surface area contributed by atoms with Crippen LogP contribution in [0.1, 0.15) is 20.3 Å². The maximum absolute atomic E-state index is 5.36. The summed E-state index contributed by atoms with van der Waals surface area (Å²) in [6, 6.07) is 1.70. The van der Waals surface area contributed by atoms with Crippen molar-refractivity contribution in [2.24, 2.45) is 0 Å². The lowest BCUT2D eigenvalue weighted by Crippen LogP contribution is -2.42. The molecule has 0 amide bonds. The summed E-state index contributed by atoms with van der Waals surface area (Å²) in [5.74, 6) is 0. The summed E-state index contributed by atoms with van der Waals surface area (Å²) in [7, 11) is 0. The van der Waals surface area contributed by atoms with Crippen LogP contribution < -0.4 is 10.2 Å². The van der Waals surface area contributed by atoms with Gasteiger partial charge in [0, 0.05) is 18.6 Å². The smallest absolute Gasteiger partial charge is 0.297 e. The van der Waals surface area contributed by atoms with Gasteiger partial charge in [0.05, 0.1) is 6.20 Å². The van der Waals surface area contributed by atoms with E-state index in [2.05, 4.69) is 29.0 Å².